The first-order chi connectivity index (χ1) is 3.18. The predicted octanol–water partition coefficient (Wildman–Crippen LogP) is -0.678. The van der Waals surface area contributed by atoms with E-state index in [0.717, 1.165) is 0 Å². The lowest BCUT2D eigenvalue weighted by Crippen LogP contribution is -2.20. The molecule has 0 bridgehead atoms. The van der Waals surface area contributed by atoms with Crippen LogP contribution in [-0.2, 0) is 4.79 Å². The van der Waals surface area contributed by atoms with Gasteiger partial charge in [0.05, 0.1) is 0 Å². The maximum atomic E-state index is 9.96. The van der Waals surface area contributed by atoms with Crippen molar-refractivity contribution >= 4 is 11.6 Å². The monoisotopic (exact) mass is 102 g/mol. The summed E-state index contributed by atoms with van der Waals surface area (Å²) in [5.41, 5.74) is 4.77. The van der Waals surface area contributed by atoms with Crippen molar-refractivity contribution in [1.29, 1.82) is 0 Å². The van der Waals surface area contributed by atoms with Crippen molar-refractivity contribution in [3.8, 4) is 0 Å². The van der Waals surface area contributed by atoms with E-state index in [-0.39, 0.29) is 5.84 Å². The minimum absolute atomic E-state index is 0.361. The SMILES string of the molecule is CC(=O)C(N)=NO. The molecule has 0 aliphatic heterocycles. The van der Waals surface area contributed by atoms with Gasteiger partial charge in [0.1, 0.15) is 0 Å². The number of rotatable bonds is 1. The Morgan fingerprint density at radius 3 is 2.29 bits per heavy atom. The van der Waals surface area contributed by atoms with Gasteiger partial charge in [0.2, 0.25) is 5.84 Å². The van der Waals surface area contributed by atoms with Gasteiger partial charge in [-0.05, 0) is 0 Å². The second-order valence-electron chi connectivity index (χ2n) is 1.04. The van der Waals surface area contributed by atoms with Gasteiger partial charge in [-0.3, -0.25) is 4.79 Å². The van der Waals surface area contributed by atoms with Crippen molar-refractivity contribution < 1.29 is 10.0 Å². The van der Waals surface area contributed by atoms with E-state index >= 15 is 0 Å². The summed E-state index contributed by atoms with van der Waals surface area (Å²) >= 11 is 0. The molecule has 0 fully saturated rings. The minimum atomic E-state index is -0.428. The van der Waals surface area contributed by atoms with Crippen LogP contribution >= 0.6 is 0 Å². The van der Waals surface area contributed by atoms with Crippen molar-refractivity contribution in [2.24, 2.45) is 10.9 Å². The number of carbonyl (C=O) groups excluding carboxylic acids is 1. The molecule has 0 aromatic rings. The number of hydrogen-bond donors (Lipinski definition) is 2. The van der Waals surface area contributed by atoms with Gasteiger partial charge in [-0.1, -0.05) is 5.16 Å². The average molecular weight is 102 g/mol. The molecule has 0 amide bonds. The highest BCUT2D eigenvalue weighted by molar-refractivity contribution is 6.37. The maximum absolute atomic E-state index is 9.96. The third kappa shape index (κ3) is 1.75. The summed E-state index contributed by atoms with van der Waals surface area (Å²) in [6.45, 7) is 1.22. The highest BCUT2D eigenvalue weighted by Gasteiger charge is 1.95. The first kappa shape index (κ1) is 5.94. The number of oxime groups is 1. The van der Waals surface area contributed by atoms with E-state index in [1.54, 1.807) is 0 Å². The summed E-state index contributed by atoms with van der Waals surface area (Å²) in [5.74, 6) is -0.789. The van der Waals surface area contributed by atoms with Gasteiger partial charge >= 0.3 is 0 Å². The van der Waals surface area contributed by atoms with Crippen LogP contribution in [0.2, 0.25) is 0 Å². The molecule has 4 nitrogen and oxygen atoms in total. The zero-order chi connectivity index (χ0) is 5.86. The summed E-state index contributed by atoms with van der Waals surface area (Å²) in [6.07, 6.45) is 0. The van der Waals surface area contributed by atoms with Crippen molar-refractivity contribution in [3.63, 3.8) is 0 Å². The lowest BCUT2D eigenvalue weighted by molar-refractivity contribution is -0.111. The van der Waals surface area contributed by atoms with Crippen molar-refractivity contribution in [2.45, 2.75) is 6.92 Å². The number of hydrogen-bond acceptors (Lipinski definition) is 3. The van der Waals surface area contributed by atoms with Crippen molar-refractivity contribution in [2.75, 3.05) is 0 Å². The van der Waals surface area contributed by atoms with Gasteiger partial charge in [0.15, 0.2) is 5.78 Å². The Kier molecular flexibility index (Phi) is 1.84. The Balaban J connectivity index is 3.82. The van der Waals surface area contributed by atoms with E-state index in [4.69, 9.17) is 10.9 Å². The Morgan fingerprint density at radius 1 is 1.86 bits per heavy atom. The molecule has 0 unspecified atom stereocenters. The third-order valence-electron chi connectivity index (χ3n) is 0.468. The quantitative estimate of drug-likeness (QED) is 0.199. The fourth-order valence-corrected chi connectivity index (χ4v) is 0.0704. The van der Waals surface area contributed by atoms with E-state index in [1.807, 2.05) is 0 Å². The molecular formula is C3H6N2O2. The van der Waals surface area contributed by atoms with Gasteiger partial charge in [-0.2, -0.15) is 0 Å². The standard InChI is InChI=1S/C3H6N2O2/c1-2(6)3(4)5-7/h7H,1H3,(H2,4,5). The van der Waals surface area contributed by atoms with Gasteiger partial charge in [0, 0.05) is 6.92 Å². The molecule has 0 aromatic heterocycles. The zero-order valence-corrected chi connectivity index (χ0v) is 3.88. The molecule has 40 valence electrons. The molecule has 3 N–H and O–H groups in total. The Morgan fingerprint density at radius 2 is 2.29 bits per heavy atom. The highest BCUT2D eigenvalue weighted by atomic mass is 16.4. The molecule has 4 heteroatoms. The first-order valence-electron chi connectivity index (χ1n) is 1.67. The fraction of sp³-hybridized carbons (Fsp3) is 0.333. The molecule has 7 heavy (non-hydrogen) atoms. The Bertz CT molecular complexity index is 108. The van der Waals surface area contributed by atoms with Crippen LogP contribution in [0.5, 0.6) is 0 Å². The summed E-state index contributed by atoms with van der Waals surface area (Å²) in [7, 11) is 0. The Hall–Kier alpha value is -1.06. The lowest BCUT2D eigenvalue weighted by Gasteiger charge is -1.83. The zero-order valence-electron chi connectivity index (χ0n) is 3.88. The summed E-state index contributed by atoms with van der Waals surface area (Å²) in [4.78, 5) is 9.96. The van der Waals surface area contributed by atoms with Crippen LogP contribution in [0.1, 0.15) is 6.92 Å². The first-order valence-corrected chi connectivity index (χ1v) is 1.67. The Labute approximate surface area is 40.6 Å². The van der Waals surface area contributed by atoms with Crippen LogP contribution in [0.4, 0.5) is 0 Å². The summed E-state index contributed by atoms with van der Waals surface area (Å²) in [5, 5.41) is 10.2. The molecule has 0 heterocycles. The molecule has 0 radical (unpaired) electrons. The predicted molar refractivity (Wildman–Crippen MR) is 24.1 cm³/mol. The molecule has 0 saturated heterocycles. The van der Waals surface area contributed by atoms with Gasteiger partial charge in [-0.15, -0.1) is 0 Å². The van der Waals surface area contributed by atoms with Gasteiger partial charge in [0.25, 0.3) is 0 Å². The number of amidine groups is 1. The van der Waals surface area contributed by atoms with Crippen LogP contribution < -0.4 is 5.73 Å². The molecule has 0 spiro atoms. The van der Waals surface area contributed by atoms with Crippen LogP contribution in [0.15, 0.2) is 5.16 Å². The van der Waals surface area contributed by atoms with Gasteiger partial charge in [-0.25, -0.2) is 0 Å². The molecule has 0 rings (SSSR count). The van der Waals surface area contributed by atoms with Gasteiger partial charge < -0.3 is 10.9 Å². The molecular weight excluding hydrogens is 96.0 g/mol. The minimum Gasteiger partial charge on any atom is -0.409 e. The molecule has 0 aromatic carbocycles. The number of Topliss-reactive ketones (excluding diaryl/α,β-unsaturated/α-hetero) is 1. The summed E-state index contributed by atoms with van der Waals surface area (Å²) in [6, 6.07) is 0. The normalized spacial score (nSPS) is 11.3. The van der Waals surface area contributed by atoms with Crippen molar-refractivity contribution in [3.05, 3.63) is 0 Å². The summed E-state index contributed by atoms with van der Waals surface area (Å²) < 4.78 is 0. The molecule has 0 aliphatic carbocycles. The average Bonchev–Trinajstić information content (AvgIpc) is 1.65. The van der Waals surface area contributed by atoms with Crippen LogP contribution in [0.25, 0.3) is 0 Å². The fourth-order valence-electron chi connectivity index (χ4n) is 0.0704. The number of nitrogens with two attached hydrogens (primary N) is 1. The second-order valence-corrected chi connectivity index (χ2v) is 1.04. The number of carbonyl (C=O) groups is 1. The van der Waals surface area contributed by atoms with Crippen LogP contribution in [0.3, 0.4) is 0 Å². The van der Waals surface area contributed by atoms with E-state index in [1.165, 1.54) is 6.92 Å². The number of ketones is 1. The van der Waals surface area contributed by atoms with E-state index in [9.17, 15) is 4.79 Å². The molecule has 0 aliphatic rings. The largest absolute Gasteiger partial charge is 0.409 e. The maximum Gasteiger partial charge on any atom is 0.205 e. The lowest BCUT2D eigenvalue weighted by atomic mass is 10.4. The third-order valence-corrected chi connectivity index (χ3v) is 0.468. The number of nitrogens with zero attached hydrogens (tertiary/aromatic N) is 1. The highest BCUT2D eigenvalue weighted by Crippen LogP contribution is 1.65. The second kappa shape index (κ2) is 2.17. The van der Waals surface area contributed by atoms with Crippen molar-refractivity contribution in [1.82, 2.24) is 0 Å². The molecule has 0 saturated carbocycles. The van der Waals surface area contributed by atoms with Crippen LogP contribution in [0, 0.1) is 0 Å². The smallest absolute Gasteiger partial charge is 0.205 e. The van der Waals surface area contributed by atoms with E-state index < -0.39 is 5.78 Å². The van der Waals surface area contributed by atoms with Crippen LogP contribution in [-0.4, -0.2) is 16.8 Å². The topological polar surface area (TPSA) is 75.7 Å². The molecule has 0 atom stereocenters. The van der Waals surface area contributed by atoms with E-state index in [2.05, 4.69) is 5.16 Å². The van der Waals surface area contributed by atoms with E-state index in [0.29, 0.717) is 0 Å².